The molecule has 0 unspecified atom stereocenters. The molecule has 10 heteroatoms. The molecule has 1 saturated heterocycles. The lowest BCUT2D eigenvalue weighted by atomic mass is 10.1. The van der Waals surface area contributed by atoms with Crippen molar-refractivity contribution in [2.45, 2.75) is 12.6 Å². The topological polar surface area (TPSA) is 65.7 Å². The molecule has 1 amide bonds. The fourth-order valence-electron chi connectivity index (χ4n) is 3.21. The predicted molar refractivity (Wildman–Crippen MR) is 100 cm³/mol. The van der Waals surface area contributed by atoms with Crippen LogP contribution < -0.4 is 0 Å². The number of alkyl halides is 3. The average Bonchev–Trinajstić information content (AvgIpc) is 3.19. The van der Waals surface area contributed by atoms with Gasteiger partial charge >= 0.3 is 12.1 Å². The third-order valence-electron chi connectivity index (χ3n) is 4.78. The number of hydrogen-bond acceptors (Lipinski definition) is 6. The molecule has 29 heavy (non-hydrogen) atoms. The van der Waals surface area contributed by atoms with Crippen molar-refractivity contribution in [3.63, 3.8) is 0 Å². The van der Waals surface area contributed by atoms with Crippen LogP contribution in [0.4, 0.5) is 13.2 Å². The summed E-state index contributed by atoms with van der Waals surface area (Å²) in [5.74, 6) is -1.76. The Hall–Kier alpha value is -2.46. The van der Waals surface area contributed by atoms with Gasteiger partial charge in [0, 0.05) is 37.3 Å². The summed E-state index contributed by atoms with van der Waals surface area (Å²) in [6.07, 6.45) is -3.63. The van der Waals surface area contributed by atoms with E-state index in [9.17, 15) is 18.0 Å². The largest absolute Gasteiger partial charge is 0.471 e. The number of hydrogen-bond donors (Lipinski definition) is 0. The van der Waals surface area contributed by atoms with Crippen LogP contribution in [0.3, 0.4) is 0 Å². The fourth-order valence-corrected chi connectivity index (χ4v) is 3.21. The minimum Gasteiger partial charge on any atom is -0.336 e. The monoisotopic (exact) mass is 411 g/mol. The van der Waals surface area contributed by atoms with Crippen LogP contribution in [0.2, 0.25) is 0 Å². The molecule has 3 rings (SSSR count). The molecule has 2 aromatic rings. The van der Waals surface area contributed by atoms with Gasteiger partial charge < -0.3 is 14.3 Å². The first kappa shape index (κ1) is 21.3. The van der Waals surface area contributed by atoms with E-state index in [1.165, 1.54) is 6.07 Å². The van der Waals surface area contributed by atoms with Gasteiger partial charge in [0.1, 0.15) is 0 Å². The van der Waals surface area contributed by atoms with Crippen LogP contribution in [0.15, 0.2) is 28.8 Å². The molecule has 2 heterocycles. The van der Waals surface area contributed by atoms with Crippen LogP contribution in [0.5, 0.6) is 0 Å². The molecule has 0 atom stereocenters. The van der Waals surface area contributed by atoms with Crippen LogP contribution in [-0.4, -0.2) is 84.1 Å². The molecule has 1 aliphatic rings. The zero-order valence-electron chi connectivity index (χ0n) is 16.4. The zero-order valence-corrected chi connectivity index (χ0v) is 16.4. The third kappa shape index (κ3) is 5.54. The molecule has 7 nitrogen and oxygen atoms in total. The van der Waals surface area contributed by atoms with Crippen LogP contribution in [0, 0.1) is 0 Å². The summed E-state index contributed by atoms with van der Waals surface area (Å²) in [6, 6.07) is 6.28. The van der Waals surface area contributed by atoms with Gasteiger partial charge in [0.25, 0.3) is 5.91 Å². The van der Waals surface area contributed by atoms with Gasteiger partial charge in [0.05, 0.1) is 0 Å². The molecule has 1 aromatic carbocycles. The number of carbonyl (C=O) groups excluding carboxylic acids is 1. The molecule has 0 bridgehead atoms. The maximum atomic E-state index is 12.8. The van der Waals surface area contributed by atoms with Gasteiger partial charge in [-0.1, -0.05) is 17.3 Å². The van der Waals surface area contributed by atoms with Crippen LogP contribution in [0.1, 0.15) is 22.7 Å². The molecular formula is C19H24F3N5O2. The van der Waals surface area contributed by atoms with E-state index in [4.69, 9.17) is 0 Å². The van der Waals surface area contributed by atoms with E-state index in [2.05, 4.69) is 24.5 Å². The van der Waals surface area contributed by atoms with Gasteiger partial charge in [-0.3, -0.25) is 9.69 Å². The van der Waals surface area contributed by atoms with Crippen molar-refractivity contribution in [1.29, 1.82) is 0 Å². The highest BCUT2D eigenvalue weighted by molar-refractivity contribution is 5.95. The van der Waals surface area contributed by atoms with E-state index in [-0.39, 0.29) is 11.7 Å². The zero-order chi connectivity index (χ0) is 21.0. The van der Waals surface area contributed by atoms with Crippen molar-refractivity contribution in [2.75, 3.05) is 53.4 Å². The van der Waals surface area contributed by atoms with Gasteiger partial charge in [0.15, 0.2) is 0 Å². The van der Waals surface area contributed by atoms with E-state index < -0.39 is 12.1 Å². The molecular weight excluding hydrogens is 387 g/mol. The number of amides is 1. The second-order valence-electron chi connectivity index (χ2n) is 7.29. The molecule has 1 aromatic heterocycles. The highest BCUT2D eigenvalue weighted by Crippen LogP contribution is 2.29. The molecule has 1 fully saturated rings. The number of piperazine rings is 1. The summed E-state index contributed by atoms with van der Waals surface area (Å²) < 4.78 is 42.2. The maximum Gasteiger partial charge on any atom is 0.471 e. The molecule has 0 radical (unpaired) electrons. The predicted octanol–water partition coefficient (Wildman–Crippen LogP) is 2.46. The van der Waals surface area contributed by atoms with E-state index in [1.54, 1.807) is 23.1 Å². The van der Waals surface area contributed by atoms with E-state index in [0.717, 1.165) is 32.6 Å². The Morgan fingerprint density at radius 2 is 1.93 bits per heavy atom. The van der Waals surface area contributed by atoms with E-state index in [1.807, 2.05) is 14.1 Å². The lowest BCUT2D eigenvalue weighted by Gasteiger charge is -2.35. The minimum absolute atomic E-state index is 0.153. The first-order valence-electron chi connectivity index (χ1n) is 9.42. The Balaban J connectivity index is 1.61. The second-order valence-corrected chi connectivity index (χ2v) is 7.29. The molecule has 158 valence electrons. The average molecular weight is 411 g/mol. The van der Waals surface area contributed by atoms with Gasteiger partial charge in [-0.15, -0.1) is 0 Å². The normalized spacial score (nSPS) is 15.9. The van der Waals surface area contributed by atoms with Crippen molar-refractivity contribution in [3.05, 3.63) is 35.7 Å². The Morgan fingerprint density at radius 3 is 2.55 bits per heavy atom. The van der Waals surface area contributed by atoms with Crippen LogP contribution >= 0.6 is 0 Å². The number of carbonyl (C=O) groups is 1. The Morgan fingerprint density at radius 1 is 1.21 bits per heavy atom. The number of nitrogens with zero attached hydrogens (tertiary/aromatic N) is 5. The number of halogens is 3. The van der Waals surface area contributed by atoms with Crippen molar-refractivity contribution < 1.29 is 22.5 Å². The quantitative estimate of drug-likeness (QED) is 0.728. The third-order valence-corrected chi connectivity index (χ3v) is 4.78. The molecule has 0 aliphatic carbocycles. The van der Waals surface area contributed by atoms with Gasteiger partial charge in [-0.05, 0) is 45.7 Å². The second kappa shape index (κ2) is 8.91. The van der Waals surface area contributed by atoms with Crippen LogP contribution in [0.25, 0.3) is 11.4 Å². The lowest BCUT2D eigenvalue weighted by Crippen LogP contribution is -2.49. The van der Waals surface area contributed by atoms with Crippen molar-refractivity contribution in [3.8, 4) is 11.4 Å². The summed E-state index contributed by atoms with van der Waals surface area (Å²) >= 11 is 0. The minimum atomic E-state index is -4.70. The van der Waals surface area contributed by atoms with Crippen LogP contribution in [-0.2, 0) is 6.18 Å². The van der Waals surface area contributed by atoms with E-state index >= 15 is 0 Å². The highest BCUT2D eigenvalue weighted by Gasteiger charge is 2.38. The highest BCUT2D eigenvalue weighted by atomic mass is 19.4. The summed E-state index contributed by atoms with van der Waals surface area (Å²) in [5.41, 5.74) is 0.694. The lowest BCUT2D eigenvalue weighted by molar-refractivity contribution is -0.159. The van der Waals surface area contributed by atoms with Gasteiger partial charge in [-0.25, -0.2) is 0 Å². The Kier molecular flexibility index (Phi) is 6.53. The standard InChI is InChI=1S/C19H24F3N5O2/c1-25(2)7-4-8-26-9-11-27(12-10-26)17(28)15-6-3-5-14(13-15)16-23-18(29-24-16)19(20,21)22/h3,5-6,13H,4,7-12H2,1-2H3. The molecule has 0 spiro atoms. The van der Waals surface area contributed by atoms with Gasteiger partial charge in [-0.2, -0.15) is 18.2 Å². The first-order chi connectivity index (χ1) is 13.7. The first-order valence-corrected chi connectivity index (χ1v) is 9.42. The number of rotatable bonds is 6. The fraction of sp³-hybridized carbons (Fsp3) is 0.526. The summed E-state index contributed by atoms with van der Waals surface area (Å²) in [7, 11) is 4.09. The molecule has 0 N–H and O–H groups in total. The summed E-state index contributed by atoms with van der Waals surface area (Å²) in [6.45, 7) is 4.86. The summed E-state index contributed by atoms with van der Waals surface area (Å²) in [5, 5.41) is 3.38. The molecule has 1 aliphatic heterocycles. The van der Waals surface area contributed by atoms with Crippen molar-refractivity contribution in [2.24, 2.45) is 0 Å². The molecule has 0 saturated carbocycles. The smallest absolute Gasteiger partial charge is 0.336 e. The van der Waals surface area contributed by atoms with E-state index in [0.29, 0.717) is 24.2 Å². The number of benzene rings is 1. The Bertz CT molecular complexity index is 829. The SMILES string of the molecule is CN(C)CCCN1CCN(C(=O)c2cccc(-c3noc(C(F)(F)F)n3)c2)CC1. The maximum absolute atomic E-state index is 12.8. The van der Waals surface area contributed by atoms with Crippen molar-refractivity contribution >= 4 is 5.91 Å². The van der Waals surface area contributed by atoms with Gasteiger partial charge in [0.2, 0.25) is 5.82 Å². The summed E-state index contributed by atoms with van der Waals surface area (Å²) in [4.78, 5) is 22.4. The number of aromatic nitrogens is 2. The Labute approximate surface area is 167 Å². The van der Waals surface area contributed by atoms with Crippen molar-refractivity contribution in [1.82, 2.24) is 24.8 Å².